The summed E-state index contributed by atoms with van der Waals surface area (Å²) in [6.07, 6.45) is 11.6. The maximum Gasteiger partial charge on any atom is 0.0482 e. The number of piperidine rings is 3. The first-order valence-electron chi connectivity index (χ1n) is 8.11. The summed E-state index contributed by atoms with van der Waals surface area (Å²) in [5, 5.41) is 3.44. The van der Waals surface area contributed by atoms with Crippen molar-refractivity contribution < 1.29 is 0 Å². The lowest BCUT2D eigenvalue weighted by Gasteiger charge is -2.39. The fourth-order valence-corrected chi connectivity index (χ4v) is 3.93. The Morgan fingerprint density at radius 1 is 0.722 bits per heavy atom. The monoisotopic (exact) mass is 251 g/mol. The Hall–Kier alpha value is -0.120. The van der Waals surface area contributed by atoms with Crippen molar-refractivity contribution in [2.45, 2.75) is 63.5 Å². The van der Waals surface area contributed by atoms with E-state index >= 15 is 0 Å². The Morgan fingerprint density at radius 2 is 1.39 bits per heavy atom. The van der Waals surface area contributed by atoms with Crippen molar-refractivity contribution in [3.8, 4) is 0 Å². The highest BCUT2D eigenvalue weighted by molar-refractivity contribution is 4.82. The second-order valence-electron chi connectivity index (χ2n) is 6.44. The molecule has 0 aromatic heterocycles. The van der Waals surface area contributed by atoms with Crippen LogP contribution in [-0.4, -0.2) is 54.7 Å². The number of rotatable bonds is 0. The van der Waals surface area contributed by atoms with E-state index < -0.39 is 0 Å². The number of hydrogen-bond donors (Lipinski definition) is 1. The van der Waals surface area contributed by atoms with E-state index in [1.807, 2.05) is 0 Å². The maximum atomic E-state index is 3.44. The first kappa shape index (κ1) is 12.9. The minimum atomic E-state index is 0.861. The summed E-state index contributed by atoms with van der Waals surface area (Å²) < 4.78 is 0. The zero-order chi connectivity index (χ0) is 12.2. The molecule has 1 N–H and O–H groups in total. The Bertz CT molecular complexity index is 199. The highest BCUT2D eigenvalue weighted by Gasteiger charge is 2.24. The lowest BCUT2D eigenvalue weighted by Crippen LogP contribution is -2.54. The third-order valence-electron chi connectivity index (χ3n) is 5.17. The highest BCUT2D eigenvalue weighted by atomic mass is 15.3. The van der Waals surface area contributed by atoms with Crippen molar-refractivity contribution in [3.05, 3.63) is 0 Å². The summed E-state index contributed by atoms with van der Waals surface area (Å²) in [6, 6.07) is 1.85. The average molecular weight is 251 g/mol. The van der Waals surface area contributed by atoms with Crippen molar-refractivity contribution in [2.24, 2.45) is 0 Å². The molecule has 18 heavy (non-hydrogen) atoms. The number of fused-ring (bicyclic) bond motifs is 4. The molecule has 0 atom stereocenters. The molecule has 0 radical (unpaired) electrons. The predicted octanol–water partition coefficient (Wildman–Crippen LogP) is 2.04. The summed E-state index contributed by atoms with van der Waals surface area (Å²) in [7, 11) is 0. The van der Waals surface area contributed by atoms with E-state index in [0.29, 0.717) is 0 Å². The van der Waals surface area contributed by atoms with Crippen LogP contribution in [0.15, 0.2) is 0 Å². The van der Waals surface area contributed by atoms with Gasteiger partial charge >= 0.3 is 0 Å². The fourth-order valence-electron chi connectivity index (χ4n) is 3.93. The topological polar surface area (TPSA) is 18.5 Å². The van der Waals surface area contributed by atoms with Gasteiger partial charge in [-0.25, -0.2) is 0 Å². The van der Waals surface area contributed by atoms with Gasteiger partial charge in [-0.2, -0.15) is 0 Å². The molecule has 5 aliphatic heterocycles. The SMILES string of the molecule is C1CCN2CCCCC2C1.C1CN2CCC1NC2. The molecule has 3 heteroatoms. The molecular formula is C15H29N3. The first-order valence-corrected chi connectivity index (χ1v) is 8.11. The smallest absolute Gasteiger partial charge is 0.0482 e. The highest BCUT2D eigenvalue weighted by Crippen LogP contribution is 2.25. The summed E-state index contributed by atoms with van der Waals surface area (Å²) in [6.45, 7) is 6.59. The molecule has 0 amide bonds. The van der Waals surface area contributed by atoms with Gasteiger partial charge in [0.1, 0.15) is 0 Å². The average Bonchev–Trinajstić information content (AvgIpc) is 2.50. The van der Waals surface area contributed by atoms with Gasteiger partial charge in [-0.05, 0) is 51.6 Å². The summed E-state index contributed by atoms with van der Waals surface area (Å²) >= 11 is 0. The zero-order valence-corrected chi connectivity index (χ0v) is 11.7. The number of hydrogen-bond acceptors (Lipinski definition) is 3. The van der Waals surface area contributed by atoms with Crippen LogP contribution in [-0.2, 0) is 0 Å². The molecule has 0 aromatic rings. The van der Waals surface area contributed by atoms with Crippen LogP contribution in [0.5, 0.6) is 0 Å². The molecule has 104 valence electrons. The first-order chi connectivity index (χ1) is 8.92. The molecule has 5 saturated heterocycles. The van der Waals surface area contributed by atoms with Gasteiger partial charge in [0, 0.05) is 31.8 Å². The van der Waals surface area contributed by atoms with Gasteiger partial charge in [0.15, 0.2) is 0 Å². The predicted molar refractivity (Wildman–Crippen MR) is 75.7 cm³/mol. The molecule has 5 heterocycles. The van der Waals surface area contributed by atoms with E-state index in [0.717, 1.165) is 18.8 Å². The van der Waals surface area contributed by atoms with Gasteiger partial charge in [-0.1, -0.05) is 12.8 Å². The summed E-state index contributed by atoms with van der Waals surface area (Å²) in [5.41, 5.74) is 0. The van der Waals surface area contributed by atoms with Crippen molar-refractivity contribution in [1.82, 2.24) is 15.1 Å². The molecular weight excluding hydrogens is 222 g/mol. The lowest BCUT2D eigenvalue weighted by molar-refractivity contribution is 0.109. The van der Waals surface area contributed by atoms with E-state index in [4.69, 9.17) is 0 Å². The molecule has 2 bridgehead atoms. The van der Waals surface area contributed by atoms with Crippen molar-refractivity contribution >= 4 is 0 Å². The lowest BCUT2D eigenvalue weighted by atomic mass is 9.93. The Morgan fingerprint density at radius 3 is 1.72 bits per heavy atom. The Balaban J connectivity index is 0.000000114. The number of nitrogens with zero attached hydrogens (tertiary/aromatic N) is 2. The van der Waals surface area contributed by atoms with Gasteiger partial charge in [0.2, 0.25) is 0 Å². The standard InChI is InChI=1S/C9H17N.C6H12N2/c1-3-7-10-8-4-2-6-9(10)5-1;1-3-8-4-2-6(1)7-5-8/h9H,1-8H2;6-7H,1-5H2. The molecule has 5 rings (SSSR count). The van der Waals surface area contributed by atoms with E-state index in [1.165, 1.54) is 77.5 Å². The molecule has 0 aliphatic carbocycles. The molecule has 0 spiro atoms. The molecule has 0 aromatic carbocycles. The molecule has 5 fully saturated rings. The zero-order valence-electron chi connectivity index (χ0n) is 11.7. The normalized spacial score (nSPS) is 36.7. The van der Waals surface area contributed by atoms with Crippen LogP contribution in [0.25, 0.3) is 0 Å². The van der Waals surface area contributed by atoms with Crippen LogP contribution in [0.4, 0.5) is 0 Å². The van der Waals surface area contributed by atoms with Crippen LogP contribution in [0.1, 0.15) is 51.4 Å². The van der Waals surface area contributed by atoms with Crippen molar-refractivity contribution in [1.29, 1.82) is 0 Å². The molecule has 5 aliphatic rings. The summed E-state index contributed by atoms with van der Waals surface area (Å²) in [4.78, 5) is 5.17. The van der Waals surface area contributed by atoms with E-state index in [-0.39, 0.29) is 0 Å². The summed E-state index contributed by atoms with van der Waals surface area (Å²) in [5.74, 6) is 0. The molecule has 3 nitrogen and oxygen atoms in total. The van der Waals surface area contributed by atoms with Gasteiger partial charge in [-0.3, -0.25) is 4.90 Å². The van der Waals surface area contributed by atoms with Crippen molar-refractivity contribution in [3.63, 3.8) is 0 Å². The third-order valence-corrected chi connectivity index (χ3v) is 5.17. The Kier molecular flexibility index (Phi) is 4.55. The van der Waals surface area contributed by atoms with Crippen LogP contribution in [0.2, 0.25) is 0 Å². The van der Waals surface area contributed by atoms with Gasteiger partial charge in [0.25, 0.3) is 0 Å². The fraction of sp³-hybridized carbons (Fsp3) is 1.00. The molecule has 0 saturated carbocycles. The minimum Gasteiger partial charge on any atom is -0.301 e. The quantitative estimate of drug-likeness (QED) is 0.711. The Labute approximate surface area is 112 Å². The van der Waals surface area contributed by atoms with E-state index in [2.05, 4.69) is 15.1 Å². The minimum absolute atomic E-state index is 0.861. The van der Waals surface area contributed by atoms with Crippen LogP contribution in [0, 0.1) is 0 Å². The van der Waals surface area contributed by atoms with Gasteiger partial charge < -0.3 is 10.2 Å². The molecule has 0 unspecified atom stereocenters. The van der Waals surface area contributed by atoms with Crippen molar-refractivity contribution in [2.75, 3.05) is 32.8 Å². The van der Waals surface area contributed by atoms with E-state index in [9.17, 15) is 0 Å². The second kappa shape index (κ2) is 6.36. The third kappa shape index (κ3) is 3.25. The van der Waals surface area contributed by atoms with Gasteiger partial charge in [0.05, 0.1) is 0 Å². The number of nitrogens with one attached hydrogen (secondary N) is 1. The largest absolute Gasteiger partial charge is 0.301 e. The maximum absolute atomic E-state index is 3.44. The van der Waals surface area contributed by atoms with E-state index in [1.54, 1.807) is 0 Å². The van der Waals surface area contributed by atoms with Gasteiger partial charge in [-0.15, -0.1) is 0 Å². The second-order valence-corrected chi connectivity index (χ2v) is 6.44. The van der Waals surface area contributed by atoms with Crippen LogP contribution < -0.4 is 5.32 Å². The van der Waals surface area contributed by atoms with Crippen LogP contribution >= 0.6 is 0 Å². The van der Waals surface area contributed by atoms with Crippen LogP contribution in [0.3, 0.4) is 0 Å².